The first kappa shape index (κ1) is 7.74. The summed E-state index contributed by atoms with van der Waals surface area (Å²) >= 11 is 0. The number of carbonyl (C=O) groups excluding carboxylic acids is 1. The molecule has 0 saturated heterocycles. The number of primary amides is 1. The Morgan fingerprint density at radius 1 is 1.73 bits per heavy atom. The summed E-state index contributed by atoms with van der Waals surface area (Å²) in [6.07, 6.45) is 1.73. The molecule has 0 unspecified atom stereocenters. The zero-order chi connectivity index (χ0) is 8.27. The van der Waals surface area contributed by atoms with Crippen LogP contribution in [0.1, 0.15) is 11.5 Å². The quantitative estimate of drug-likeness (QED) is 0.515. The predicted molar refractivity (Wildman–Crippen MR) is 39.4 cm³/mol. The number of aromatic nitrogens is 2. The first-order valence-electron chi connectivity index (χ1n) is 3.23. The van der Waals surface area contributed by atoms with Gasteiger partial charge in [-0.05, 0) is 0 Å². The number of nitrogens with two attached hydrogens (primary N) is 2. The van der Waals surface area contributed by atoms with Crippen molar-refractivity contribution in [1.82, 2.24) is 9.97 Å². The Hall–Kier alpha value is -1.36. The molecular formula is C6H10N4O. The number of hydrogen-bond donors (Lipinski definition) is 3. The van der Waals surface area contributed by atoms with E-state index in [-0.39, 0.29) is 6.42 Å². The maximum atomic E-state index is 10.4. The fourth-order valence-electron chi connectivity index (χ4n) is 0.764. The third-order valence-electron chi connectivity index (χ3n) is 1.24. The third kappa shape index (κ3) is 2.05. The molecule has 1 amide bonds. The van der Waals surface area contributed by atoms with Crippen molar-refractivity contribution in [2.45, 2.75) is 13.0 Å². The van der Waals surface area contributed by atoms with E-state index >= 15 is 0 Å². The number of aromatic amines is 1. The van der Waals surface area contributed by atoms with Crippen molar-refractivity contribution >= 4 is 5.91 Å². The van der Waals surface area contributed by atoms with Gasteiger partial charge in [0, 0.05) is 18.4 Å². The van der Waals surface area contributed by atoms with Gasteiger partial charge in [0.1, 0.15) is 5.82 Å². The molecule has 5 nitrogen and oxygen atoms in total. The van der Waals surface area contributed by atoms with Crippen LogP contribution in [-0.2, 0) is 17.8 Å². The highest BCUT2D eigenvalue weighted by molar-refractivity contribution is 5.75. The zero-order valence-corrected chi connectivity index (χ0v) is 6.00. The van der Waals surface area contributed by atoms with Gasteiger partial charge in [0.2, 0.25) is 5.91 Å². The second-order valence-electron chi connectivity index (χ2n) is 2.20. The summed E-state index contributed by atoms with van der Waals surface area (Å²) in [5.74, 6) is 0.167. The Balaban J connectivity index is 2.65. The largest absolute Gasteiger partial charge is 0.369 e. The predicted octanol–water partition coefficient (Wildman–Crippen LogP) is -1.10. The smallest absolute Gasteiger partial charge is 0.225 e. The molecular weight excluding hydrogens is 144 g/mol. The van der Waals surface area contributed by atoms with E-state index in [0.29, 0.717) is 12.4 Å². The van der Waals surface area contributed by atoms with E-state index in [4.69, 9.17) is 11.5 Å². The van der Waals surface area contributed by atoms with Crippen molar-refractivity contribution in [3.05, 3.63) is 17.7 Å². The van der Waals surface area contributed by atoms with Crippen LogP contribution in [0.3, 0.4) is 0 Å². The van der Waals surface area contributed by atoms with Gasteiger partial charge in [-0.15, -0.1) is 0 Å². The lowest BCUT2D eigenvalue weighted by Gasteiger charge is -1.89. The summed E-state index contributed by atoms with van der Waals surface area (Å²) in [5.41, 5.74) is 11.1. The van der Waals surface area contributed by atoms with Gasteiger partial charge in [-0.25, -0.2) is 4.98 Å². The molecule has 0 spiro atoms. The Kier molecular flexibility index (Phi) is 2.22. The molecule has 0 aliphatic carbocycles. The molecule has 0 aliphatic heterocycles. The van der Waals surface area contributed by atoms with Crippen molar-refractivity contribution in [2.24, 2.45) is 11.5 Å². The van der Waals surface area contributed by atoms with E-state index in [2.05, 4.69) is 9.97 Å². The summed E-state index contributed by atoms with van der Waals surface area (Å²) in [6, 6.07) is 0. The van der Waals surface area contributed by atoms with Gasteiger partial charge in [0.25, 0.3) is 0 Å². The Bertz CT molecular complexity index is 255. The zero-order valence-electron chi connectivity index (χ0n) is 6.00. The normalized spacial score (nSPS) is 9.91. The Morgan fingerprint density at radius 3 is 2.91 bits per heavy atom. The van der Waals surface area contributed by atoms with Crippen LogP contribution < -0.4 is 11.5 Å². The highest BCUT2D eigenvalue weighted by Crippen LogP contribution is 1.95. The number of H-pyrrole nitrogens is 1. The molecule has 11 heavy (non-hydrogen) atoms. The van der Waals surface area contributed by atoms with Gasteiger partial charge in [0.05, 0.1) is 6.42 Å². The van der Waals surface area contributed by atoms with E-state index in [9.17, 15) is 4.79 Å². The van der Waals surface area contributed by atoms with E-state index < -0.39 is 5.91 Å². The van der Waals surface area contributed by atoms with Gasteiger partial charge in [-0.3, -0.25) is 4.79 Å². The first-order valence-corrected chi connectivity index (χ1v) is 3.23. The Labute approximate surface area is 63.8 Å². The molecule has 1 rings (SSSR count). The van der Waals surface area contributed by atoms with Crippen LogP contribution in [-0.4, -0.2) is 15.9 Å². The first-order chi connectivity index (χ1) is 5.22. The lowest BCUT2D eigenvalue weighted by Crippen LogP contribution is -2.14. The van der Waals surface area contributed by atoms with Gasteiger partial charge in [0.15, 0.2) is 0 Å². The Morgan fingerprint density at radius 2 is 2.45 bits per heavy atom. The molecule has 0 radical (unpaired) electrons. The molecule has 5 heteroatoms. The molecule has 1 aromatic rings. The van der Waals surface area contributed by atoms with E-state index in [1.54, 1.807) is 6.20 Å². The van der Waals surface area contributed by atoms with E-state index in [0.717, 1.165) is 5.69 Å². The number of amides is 1. The second-order valence-corrected chi connectivity index (χ2v) is 2.20. The summed E-state index contributed by atoms with van der Waals surface area (Å²) < 4.78 is 0. The lowest BCUT2D eigenvalue weighted by atomic mass is 10.4. The SMILES string of the molecule is NCc1cnc(CC(N)=O)[nH]1. The number of carbonyl (C=O) groups is 1. The molecule has 0 fully saturated rings. The fraction of sp³-hybridized carbons (Fsp3) is 0.333. The standard InChI is InChI=1S/C6H10N4O/c7-2-4-3-9-6(10-4)1-5(8)11/h3H,1-2,7H2,(H2,8,11)(H,9,10). The van der Waals surface area contributed by atoms with Crippen LogP contribution in [0.15, 0.2) is 6.20 Å². The van der Waals surface area contributed by atoms with Crippen molar-refractivity contribution in [3.63, 3.8) is 0 Å². The topological polar surface area (TPSA) is 97.8 Å². The van der Waals surface area contributed by atoms with Crippen LogP contribution in [0, 0.1) is 0 Å². The van der Waals surface area contributed by atoms with Gasteiger partial charge < -0.3 is 16.5 Å². The van der Waals surface area contributed by atoms with Crippen molar-refractivity contribution in [3.8, 4) is 0 Å². The molecule has 0 atom stereocenters. The van der Waals surface area contributed by atoms with Crippen LogP contribution in [0.5, 0.6) is 0 Å². The van der Waals surface area contributed by atoms with Crippen LogP contribution in [0.4, 0.5) is 0 Å². The van der Waals surface area contributed by atoms with Crippen LogP contribution in [0.2, 0.25) is 0 Å². The van der Waals surface area contributed by atoms with Crippen molar-refractivity contribution < 1.29 is 4.79 Å². The lowest BCUT2D eigenvalue weighted by molar-refractivity contribution is -0.117. The van der Waals surface area contributed by atoms with Gasteiger partial charge in [-0.1, -0.05) is 0 Å². The fourth-order valence-corrected chi connectivity index (χ4v) is 0.764. The summed E-state index contributed by atoms with van der Waals surface area (Å²) in [7, 11) is 0. The summed E-state index contributed by atoms with van der Waals surface area (Å²) in [4.78, 5) is 17.1. The molecule has 1 heterocycles. The molecule has 0 aliphatic rings. The van der Waals surface area contributed by atoms with E-state index in [1.165, 1.54) is 0 Å². The maximum absolute atomic E-state index is 10.4. The van der Waals surface area contributed by atoms with Crippen molar-refractivity contribution in [2.75, 3.05) is 0 Å². The van der Waals surface area contributed by atoms with Gasteiger partial charge >= 0.3 is 0 Å². The average molecular weight is 154 g/mol. The van der Waals surface area contributed by atoms with Crippen LogP contribution in [0.25, 0.3) is 0 Å². The monoisotopic (exact) mass is 154 g/mol. The second kappa shape index (κ2) is 3.16. The highest BCUT2D eigenvalue weighted by atomic mass is 16.1. The number of rotatable bonds is 3. The maximum Gasteiger partial charge on any atom is 0.225 e. The minimum Gasteiger partial charge on any atom is -0.369 e. The minimum atomic E-state index is -0.400. The van der Waals surface area contributed by atoms with Crippen LogP contribution >= 0.6 is 0 Å². The average Bonchev–Trinajstić information content (AvgIpc) is 2.34. The molecule has 60 valence electrons. The number of nitrogens with one attached hydrogen (secondary N) is 1. The minimum absolute atomic E-state index is 0.139. The number of imidazole rings is 1. The summed E-state index contributed by atoms with van der Waals surface area (Å²) in [5, 5.41) is 0. The van der Waals surface area contributed by atoms with Gasteiger partial charge in [-0.2, -0.15) is 0 Å². The number of nitrogens with zero attached hydrogens (tertiary/aromatic N) is 1. The highest BCUT2D eigenvalue weighted by Gasteiger charge is 2.01. The number of hydrogen-bond acceptors (Lipinski definition) is 3. The summed E-state index contributed by atoms with van der Waals surface area (Å²) in [6.45, 7) is 0.395. The third-order valence-corrected chi connectivity index (χ3v) is 1.24. The molecule has 1 aromatic heterocycles. The molecule has 0 bridgehead atoms. The van der Waals surface area contributed by atoms with E-state index in [1.807, 2.05) is 0 Å². The van der Waals surface area contributed by atoms with Crippen molar-refractivity contribution in [1.29, 1.82) is 0 Å². The molecule has 0 aromatic carbocycles. The molecule has 5 N–H and O–H groups in total. The molecule has 0 saturated carbocycles.